The molecule has 1 atom stereocenters. The minimum atomic E-state index is -0.193. The van der Waals surface area contributed by atoms with E-state index in [1.54, 1.807) is 17.8 Å². The third-order valence-corrected chi connectivity index (χ3v) is 3.49. The van der Waals surface area contributed by atoms with E-state index in [1.165, 1.54) is 6.07 Å². The van der Waals surface area contributed by atoms with Gasteiger partial charge in [-0.15, -0.1) is 0 Å². The molecule has 1 nitrogen and oxygen atoms in total. The van der Waals surface area contributed by atoms with Crippen LogP contribution in [0.5, 0.6) is 0 Å². The second-order valence-electron chi connectivity index (χ2n) is 3.71. The fraction of sp³-hybridized carbons (Fsp3) is 0.500. The average Bonchev–Trinajstić information content (AvgIpc) is 2.22. The zero-order valence-corrected chi connectivity index (χ0v) is 10.1. The Bertz CT molecular complexity index is 314. The van der Waals surface area contributed by atoms with Crippen molar-refractivity contribution >= 4 is 11.8 Å². The van der Waals surface area contributed by atoms with Crippen molar-refractivity contribution in [2.24, 2.45) is 5.73 Å². The molecule has 0 aliphatic carbocycles. The number of thioether (sulfide) groups is 1. The topological polar surface area (TPSA) is 26.0 Å². The van der Waals surface area contributed by atoms with Gasteiger partial charge in [0.05, 0.1) is 0 Å². The van der Waals surface area contributed by atoms with Crippen molar-refractivity contribution in [1.82, 2.24) is 0 Å². The summed E-state index contributed by atoms with van der Waals surface area (Å²) in [4.78, 5) is 0. The van der Waals surface area contributed by atoms with E-state index in [9.17, 15) is 4.39 Å². The SMILES string of the molecule is CCCSCC(N)c1cc(C)ccc1F. The van der Waals surface area contributed by atoms with Gasteiger partial charge in [-0.3, -0.25) is 0 Å². The first-order valence-electron chi connectivity index (χ1n) is 5.24. The molecule has 1 aromatic carbocycles. The number of halogens is 1. The van der Waals surface area contributed by atoms with Gasteiger partial charge in [-0.1, -0.05) is 24.6 Å². The predicted octanol–water partition coefficient (Wildman–Crippen LogP) is 3.28. The maximum atomic E-state index is 13.4. The van der Waals surface area contributed by atoms with Crippen LogP contribution in [0.2, 0.25) is 0 Å². The number of rotatable bonds is 5. The van der Waals surface area contributed by atoms with Gasteiger partial charge in [-0.2, -0.15) is 11.8 Å². The zero-order valence-electron chi connectivity index (χ0n) is 9.29. The lowest BCUT2D eigenvalue weighted by atomic mass is 10.1. The Kier molecular flexibility index (Phi) is 5.12. The third kappa shape index (κ3) is 3.84. The van der Waals surface area contributed by atoms with E-state index in [0.29, 0.717) is 5.56 Å². The molecule has 0 aliphatic rings. The van der Waals surface area contributed by atoms with Gasteiger partial charge in [-0.25, -0.2) is 4.39 Å². The van der Waals surface area contributed by atoms with E-state index in [-0.39, 0.29) is 11.9 Å². The maximum absolute atomic E-state index is 13.4. The van der Waals surface area contributed by atoms with Crippen molar-refractivity contribution in [2.75, 3.05) is 11.5 Å². The van der Waals surface area contributed by atoms with Crippen molar-refractivity contribution in [3.63, 3.8) is 0 Å². The summed E-state index contributed by atoms with van der Waals surface area (Å²) in [5, 5.41) is 0. The molecule has 0 saturated carbocycles. The lowest BCUT2D eigenvalue weighted by Gasteiger charge is -2.13. The van der Waals surface area contributed by atoms with Crippen LogP contribution in [0.4, 0.5) is 4.39 Å². The molecule has 0 amide bonds. The normalized spacial score (nSPS) is 12.8. The van der Waals surface area contributed by atoms with Gasteiger partial charge in [-0.05, 0) is 25.2 Å². The van der Waals surface area contributed by atoms with Crippen molar-refractivity contribution in [1.29, 1.82) is 0 Å². The molecule has 0 bridgehead atoms. The number of benzene rings is 1. The van der Waals surface area contributed by atoms with E-state index in [2.05, 4.69) is 6.92 Å². The molecule has 0 radical (unpaired) electrons. The standard InChI is InChI=1S/C12H18FNS/c1-3-6-15-8-12(14)10-7-9(2)4-5-11(10)13/h4-5,7,12H,3,6,8,14H2,1-2H3. The number of nitrogens with two attached hydrogens (primary N) is 1. The Balaban J connectivity index is 2.64. The predicted molar refractivity (Wildman–Crippen MR) is 65.7 cm³/mol. The largest absolute Gasteiger partial charge is 0.323 e. The van der Waals surface area contributed by atoms with Crippen LogP contribution in [0.3, 0.4) is 0 Å². The summed E-state index contributed by atoms with van der Waals surface area (Å²) in [6.45, 7) is 4.08. The lowest BCUT2D eigenvalue weighted by molar-refractivity contribution is 0.594. The quantitative estimate of drug-likeness (QED) is 0.781. The minimum absolute atomic E-state index is 0.190. The average molecular weight is 227 g/mol. The maximum Gasteiger partial charge on any atom is 0.128 e. The second kappa shape index (κ2) is 6.13. The molecular formula is C12H18FNS. The minimum Gasteiger partial charge on any atom is -0.323 e. The first-order chi connectivity index (χ1) is 7.15. The lowest BCUT2D eigenvalue weighted by Crippen LogP contribution is -2.15. The fourth-order valence-corrected chi connectivity index (χ4v) is 2.28. The smallest absolute Gasteiger partial charge is 0.128 e. The number of hydrogen-bond acceptors (Lipinski definition) is 2. The molecule has 2 N–H and O–H groups in total. The molecule has 1 unspecified atom stereocenters. The molecule has 0 saturated heterocycles. The highest BCUT2D eigenvalue weighted by molar-refractivity contribution is 7.99. The van der Waals surface area contributed by atoms with Crippen LogP contribution in [0, 0.1) is 12.7 Å². The van der Waals surface area contributed by atoms with Crippen molar-refractivity contribution in [3.05, 3.63) is 35.1 Å². The van der Waals surface area contributed by atoms with E-state index < -0.39 is 0 Å². The Morgan fingerprint density at radius 3 is 2.87 bits per heavy atom. The van der Waals surface area contributed by atoms with Crippen LogP contribution >= 0.6 is 11.8 Å². The van der Waals surface area contributed by atoms with E-state index in [1.807, 2.05) is 13.0 Å². The molecule has 0 fully saturated rings. The second-order valence-corrected chi connectivity index (χ2v) is 4.86. The van der Waals surface area contributed by atoms with Gasteiger partial charge in [0, 0.05) is 17.4 Å². The summed E-state index contributed by atoms with van der Waals surface area (Å²) in [7, 11) is 0. The molecule has 15 heavy (non-hydrogen) atoms. The Morgan fingerprint density at radius 1 is 1.47 bits per heavy atom. The number of aryl methyl sites for hydroxylation is 1. The highest BCUT2D eigenvalue weighted by Crippen LogP contribution is 2.20. The zero-order chi connectivity index (χ0) is 11.3. The van der Waals surface area contributed by atoms with Gasteiger partial charge >= 0.3 is 0 Å². The van der Waals surface area contributed by atoms with Crippen LogP contribution in [-0.2, 0) is 0 Å². The summed E-state index contributed by atoms with van der Waals surface area (Å²) in [5.74, 6) is 1.68. The molecule has 0 heterocycles. The van der Waals surface area contributed by atoms with Crippen molar-refractivity contribution < 1.29 is 4.39 Å². The van der Waals surface area contributed by atoms with Crippen LogP contribution in [-0.4, -0.2) is 11.5 Å². The molecule has 1 aromatic rings. The van der Waals surface area contributed by atoms with Crippen LogP contribution in [0.1, 0.15) is 30.5 Å². The summed E-state index contributed by atoms with van der Waals surface area (Å²) in [6.07, 6.45) is 1.13. The molecule has 1 rings (SSSR count). The Morgan fingerprint density at radius 2 is 2.20 bits per heavy atom. The Labute approximate surface area is 95.2 Å². The van der Waals surface area contributed by atoms with Crippen LogP contribution in [0.25, 0.3) is 0 Å². The fourth-order valence-electron chi connectivity index (χ4n) is 1.39. The summed E-state index contributed by atoms with van der Waals surface area (Å²) >= 11 is 1.78. The molecule has 3 heteroatoms. The first-order valence-corrected chi connectivity index (χ1v) is 6.40. The van der Waals surface area contributed by atoms with Crippen molar-refractivity contribution in [2.45, 2.75) is 26.3 Å². The van der Waals surface area contributed by atoms with Gasteiger partial charge in [0.15, 0.2) is 0 Å². The van der Waals surface area contributed by atoms with Gasteiger partial charge in [0.1, 0.15) is 5.82 Å². The highest BCUT2D eigenvalue weighted by atomic mass is 32.2. The molecule has 0 aromatic heterocycles. The third-order valence-electron chi connectivity index (χ3n) is 2.20. The van der Waals surface area contributed by atoms with Gasteiger partial charge in [0.25, 0.3) is 0 Å². The molecule has 84 valence electrons. The Hall–Kier alpha value is -0.540. The summed E-state index contributed by atoms with van der Waals surface area (Å²) in [6, 6.07) is 4.91. The summed E-state index contributed by atoms with van der Waals surface area (Å²) in [5.41, 5.74) is 7.64. The van der Waals surface area contributed by atoms with Gasteiger partial charge < -0.3 is 5.73 Å². The molecule has 0 spiro atoms. The monoisotopic (exact) mass is 227 g/mol. The van der Waals surface area contributed by atoms with Crippen LogP contribution in [0.15, 0.2) is 18.2 Å². The van der Waals surface area contributed by atoms with E-state index in [0.717, 1.165) is 23.5 Å². The number of hydrogen-bond donors (Lipinski definition) is 1. The van der Waals surface area contributed by atoms with Crippen LogP contribution < -0.4 is 5.73 Å². The van der Waals surface area contributed by atoms with Crippen molar-refractivity contribution in [3.8, 4) is 0 Å². The van der Waals surface area contributed by atoms with Gasteiger partial charge in [0.2, 0.25) is 0 Å². The summed E-state index contributed by atoms with van der Waals surface area (Å²) < 4.78 is 13.4. The van der Waals surface area contributed by atoms with E-state index >= 15 is 0 Å². The molecular weight excluding hydrogens is 209 g/mol. The highest BCUT2D eigenvalue weighted by Gasteiger charge is 2.11. The molecule has 0 aliphatic heterocycles. The first kappa shape index (κ1) is 12.5. The van der Waals surface area contributed by atoms with E-state index in [4.69, 9.17) is 5.73 Å².